The highest BCUT2D eigenvalue weighted by molar-refractivity contribution is 7.89. The minimum atomic E-state index is -3.84. The van der Waals surface area contributed by atoms with Gasteiger partial charge in [-0.05, 0) is 26.0 Å². The van der Waals surface area contributed by atoms with Gasteiger partial charge in [-0.3, -0.25) is 0 Å². The molecule has 0 fully saturated rings. The highest BCUT2D eigenvalue weighted by Crippen LogP contribution is 2.30. The zero-order valence-corrected chi connectivity index (χ0v) is 11.3. The quantitative estimate of drug-likeness (QED) is 0.660. The summed E-state index contributed by atoms with van der Waals surface area (Å²) < 4.78 is 22.8. The van der Waals surface area contributed by atoms with Gasteiger partial charge in [0.2, 0.25) is 10.0 Å². The molecule has 1 rings (SSSR count). The molecule has 0 radical (unpaired) electrons. The van der Waals surface area contributed by atoms with Crippen molar-refractivity contribution >= 4 is 21.4 Å². The van der Waals surface area contributed by atoms with Gasteiger partial charge in [-0.25, -0.2) is 13.6 Å². The molecule has 1 aromatic rings. The molecule has 0 aliphatic heterocycles. The van der Waals surface area contributed by atoms with E-state index in [0.29, 0.717) is 12.2 Å². The Morgan fingerprint density at radius 2 is 2.00 bits per heavy atom. The number of benzene rings is 1. The van der Waals surface area contributed by atoms with Crippen molar-refractivity contribution in [1.82, 2.24) is 0 Å². The van der Waals surface area contributed by atoms with Crippen LogP contribution in [-0.2, 0) is 10.0 Å². The summed E-state index contributed by atoms with van der Waals surface area (Å²) >= 11 is 0. The second-order valence-corrected chi connectivity index (χ2v) is 5.77. The standard InChI is InChI=1S/C11H19N3O3S/c1-8(2)14(6-7-15)9-4-3-5-10(11(9)12)18(13,16)17/h3-5,8,15H,6-7,12H2,1-2H3,(H2,13,16,17). The molecule has 0 spiro atoms. The van der Waals surface area contributed by atoms with Gasteiger partial charge in [0, 0.05) is 12.6 Å². The Balaban J connectivity index is 3.33. The molecule has 1 aromatic carbocycles. The van der Waals surface area contributed by atoms with Crippen molar-refractivity contribution in [3.63, 3.8) is 0 Å². The van der Waals surface area contributed by atoms with E-state index in [4.69, 9.17) is 16.0 Å². The number of nitrogens with two attached hydrogens (primary N) is 2. The number of rotatable bonds is 5. The van der Waals surface area contributed by atoms with Crippen molar-refractivity contribution in [1.29, 1.82) is 0 Å². The number of hydrogen-bond acceptors (Lipinski definition) is 5. The summed E-state index contributed by atoms with van der Waals surface area (Å²) in [4.78, 5) is 1.73. The summed E-state index contributed by atoms with van der Waals surface area (Å²) in [5.74, 6) is 0. The summed E-state index contributed by atoms with van der Waals surface area (Å²) in [5.41, 5.74) is 6.53. The first-order valence-electron chi connectivity index (χ1n) is 5.57. The maximum absolute atomic E-state index is 11.4. The lowest BCUT2D eigenvalue weighted by molar-refractivity contribution is 0.299. The number of nitrogens with zero attached hydrogens (tertiary/aromatic N) is 1. The van der Waals surface area contributed by atoms with Crippen molar-refractivity contribution < 1.29 is 13.5 Å². The van der Waals surface area contributed by atoms with Crippen LogP contribution in [0.1, 0.15) is 13.8 Å². The Kier molecular flexibility index (Phi) is 4.55. The Bertz CT molecular complexity index is 514. The van der Waals surface area contributed by atoms with Gasteiger partial charge in [0.15, 0.2) is 0 Å². The zero-order chi connectivity index (χ0) is 13.9. The van der Waals surface area contributed by atoms with Crippen molar-refractivity contribution in [2.24, 2.45) is 5.14 Å². The Morgan fingerprint density at radius 3 is 2.44 bits per heavy atom. The first kappa shape index (κ1) is 14.7. The second-order valence-electron chi connectivity index (χ2n) is 4.24. The third kappa shape index (κ3) is 3.12. The third-order valence-electron chi connectivity index (χ3n) is 2.62. The lowest BCUT2D eigenvalue weighted by Crippen LogP contribution is -2.34. The van der Waals surface area contributed by atoms with E-state index < -0.39 is 10.0 Å². The van der Waals surface area contributed by atoms with E-state index in [1.807, 2.05) is 18.7 Å². The van der Waals surface area contributed by atoms with Crippen LogP contribution >= 0.6 is 0 Å². The van der Waals surface area contributed by atoms with Crippen LogP contribution in [0, 0.1) is 0 Å². The van der Waals surface area contributed by atoms with Gasteiger partial charge in [-0.1, -0.05) is 6.07 Å². The van der Waals surface area contributed by atoms with Gasteiger partial charge < -0.3 is 15.7 Å². The Labute approximate surface area is 107 Å². The maximum Gasteiger partial charge on any atom is 0.240 e. The molecule has 0 aliphatic carbocycles. The van der Waals surface area contributed by atoms with E-state index in [1.54, 1.807) is 12.1 Å². The number of nitrogen functional groups attached to an aromatic ring is 1. The molecular weight excluding hydrogens is 254 g/mol. The number of para-hydroxylation sites is 1. The van der Waals surface area contributed by atoms with Crippen LogP contribution < -0.4 is 15.8 Å². The summed E-state index contributed by atoms with van der Waals surface area (Å²) in [7, 11) is -3.84. The van der Waals surface area contributed by atoms with Crippen LogP contribution in [0.3, 0.4) is 0 Å². The molecule has 7 heteroatoms. The SMILES string of the molecule is CC(C)N(CCO)c1cccc(S(N)(=O)=O)c1N. The molecule has 0 saturated carbocycles. The minimum absolute atomic E-state index is 0.0444. The molecule has 6 nitrogen and oxygen atoms in total. The molecule has 0 amide bonds. The zero-order valence-electron chi connectivity index (χ0n) is 10.5. The van der Waals surface area contributed by atoms with Gasteiger partial charge in [-0.15, -0.1) is 0 Å². The fourth-order valence-corrected chi connectivity index (χ4v) is 2.47. The fourth-order valence-electron chi connectivity index (χ4n) is 1.80. The number of hydrogen-bond donors (Lipinski definition) is 3. The van der Waals surface area contributed by atoms with Crippen LogP contribution in [0.4, 0.5) is 11.4 Å². The molecule has 0 unspecified atom stereocenters. The Morgan fingerprint density at radius 1 is 1.39 bits per heavy atom. The molecule has 18 heavy (non-hydrogen) atoms. The van der Waals surface area contributed by atoms with Crippen molar-refractivity contribution in [2.75, 3.05) is 23.8 Å². The number of sulfonamides is 1. The summed E-state index contributed by atoms with van der Waals surface area (Å²) in [6.45, 7) is 4.19. The van der Waals surface area contributed by atoms with Crippen LogP contribution in [0.2, 0.25) is 0 Å². The molecule has 0 aliphatic rings. The predicted molar refractivity (Wildman–Crippen MR) is 71.8 cm³/mol. The summed E-state index contributed by atoms with van der Waals surface area (Å²) in [6.07, 6.45) is 0. The van der Waals surface area contributed by atoms with Gasteiger partial charge in [-0.2, -0.15) is 0 Å². The van der Waals surface area contributed by atoms with E-state index in [-0.39, 0.29) is 23.2 Å². The third-order valence-corrected chi connectivity index (χ3v) is 3.59. The van der Waals surface area contributed by atoms with Crippen LogP contribution in [-0.4, -0.2) is 32.7 Å². The first-order valence-corrected chi connectivity index (χ1v) is 7.12. The molecule has 0 bridgehead atoms. The predicted octanol–water partition coefficient (Wildman–Crippen LogP) is 0.123. The van der Waals surface area contributed by atoms with E-state index >= 15 is 0 Å². The minimum Gasteiger partial charge on any atom is -0.396 e. The summed E-state index contributed by atoms with van der Waals surface area (Å²) in [5, 5.41) is 14.1. The molecule has 0 heterocycles. The molecule has 102 valence electrons. The lowest BCUT2D eigenvalue weighted by Gasteiger charge is -2.29. The Hall–Kier alpha value is -1.31. The van der Waals surface area contributed by atoms with E-state index in [0.717, 1.165) is 0 Å². The van der Waals surface area contributed by atoms with E-state index in [2.05, 4.69) is 0 Å². The average Bonchev–Trinajstić information content (AvgIpc) is 2.24. The number of aliphatic hydroxyl groups excluding tert-OH is 1. The highest BCUT2D eigenvalue weighted by Gasteiger charge is 2.19. The number of aliphatic hydroxyl groups is 1. The van der Waals surface area contributed by atoms with E-state index in [9.17, 15) is 8.42 Å². The van der Waals surface area contributed by atoms with Crippen molar-refractivity contribution in [3.8, 4) is 0 Å². The highest BCUT2D eigenvalue weighted by atomic mass is 32.2. The van der Waals surface area contributed by atoms with Gasteiger partial charge >= 0.3 is 0 Å². The maximum atomic E-state index is 11.4. The average molecular weight is 273 g/mol. The number of primary sulfonamides is 1. The topological polar surface area (TPSA) is 110 Å². The van der Waals surface area contributed by atoms with Gasteiger partial charge in [0.05, 0.1) is 18.0 Å². The normalized spacial score (nSPS) is 11.8. The lowest BCUT2D eigenvalue weighted by atomic mass is 10.2. The second kappa shape index (κ2) is 5.55. The van der Waals surface area contributed by atoms with E-state index in [1.165, 1.54) is 6.07 Å². The van der Waals surface area contributed by atoms with Crippen molar-refractivity contribution in [3.05, 3.63) is 18.2 Å². The van der Waals surface area contributed by atoms with Crippen LogP contribution in [0.15, 0.2) is 23.1 Å². The largest absolute Gasteiger partial charge is 0.396 e. The summed E-state index contributed by atoms with van der Waals surface area (Å²) in [6, 6.07) is 4.74. The molecular formula is C11H19N3O3S. The van der Waals surface area contributed by atoms with Gasteiger partial charge in [0.25, 0.3) is 0 Å². The van der Waals surface area contributed by atoms with Gasteiger partial charge in [0.1, 0.15) is 4.90 Å². The monoisotopic (exact) mass is 273 g/mol. The fraction of sp³-hybridized carbons (Fsp3) is 0.455. The van der Waals surface area contributed by atoms with Crippen molar-refractivity contribution in [2.45, 2.75) is 24.8 Å². The molecule has 5 N–H and O–H groups in total. The molecule has 0 aromatic heterocycles. The first-order chi connectivity index (χ1) is 8.29. The van der Waals surface area contributed by atoms with Crippen LogP contribution in [0.25, 0.3) is 0 Å². The number of anilines is 2. The molecule has 0 saturated heterocycles. The molecule has 0 atom stereocenters. The smallest absolute Gasteiger partial charge is 0.240 e. The van der Waals surface area contributed by atoms with Crippen LogP contribution in [0.5, 0.6) is 0 Å².